The highest BCUT2D eigenvalue weighted by Gasteiger charge is 2.03. The number of hydrogen-bond acceptors (Lipinski definition) is 6. The van der Waals surface area contributed by atoms with Crippen molar-refractivity contribution in [1.29, 1.82) is 0 Å². The van der Waals surface area contributed by atoms with Crippen molar-refractivity contribution in [2.24, 2.45) is 0 Å². The summed E-state index contributed by atoms with van der Waals surface area (Å²) in [5.74, 6) is 1.26. The molecule has 0 radical (unpaired) electrons. The molecule has 0 saturated heterocycles. The second-order valence-corrected chi connectivity index (χ2v) is 4.80. The van der Waals surface area contributed by atoms with Gasteiger partial charge >= 0.3 is 0 Å². The monoisotopic (exact) mass is 300 g/mol. The van der Waals surface area contributed by atoms with Gasteiger partial charge in [-0.05, 0) is 31.5 Å². The Hall–Kier alpha value is -2.47. The fourth-order valence-electron chi connectivity index (χ4n) is 1.90. The molecule has 0 aliphatic heterocycles. The maximum absolute atomic E-state index is 11.4. The first-order valence-electron chi connectivity index (χ1n) is 7.13. The van der Waals surface area contributed by atoms with Crippen molar-refractivity contribution in [1.82, 2.24) is 9.97 Å². The van der Waals surface area contributed by atoms with Crippen molar-refractivity contribution < 1.29 is 9.53 Å². The van der Waals surface area contributed by atoms with Crippen LogP contribution in [-0.2, 0) is 4.74 Å². The van der Waals surface area contributed by atoms with Crippen molar-refractivity contribution >= 4 is 23.2 Å². The van der Waals surface area contributed by atoms with E-state index in [-0.39, 0.29) is 5.78 Å². The van der Waals surface area contributed by atoms with Gasteiger partial charge in [0.05, 0.1) is 0 Å². The molecule has 0 fully saturated rings. The number of Topliss-reactive ketones (excluding diaryl/α,β-unsaturated/α-hetero) is 1. The molecule has 0 aliphatic rings. The number of nitrogens with one attached hydrogen (secondary N) is 2. The van der Waals surface area contributed by atoms with Crippen LogP contribution in [0.2, 0.25) is 0 Å². The van der Waals surface area contributed by atoms with E-state index < -0.39 is 0 Å². The lowest BCUT2D eigenvalue weighted by Crippen LogP contribution is -2.07. The summed E-state index contributed by atoms with van der Waals surface area (Å²) in [6.45, 7) is 3.03. The van der Waals surface area contributed by atoms with E-state index in [4.69, 9.17) is 4.74 Å². The molecular formula is C16H20N4O2. The van der Waals surface area contributed by atoms with E-state index in [1.807, 2.05) is 18.2 Å². The minimum absolute atomic E-state index is 0.0260. The smallest absolute Gasteiger partial charge is 0.229 e. The lowest BCUT2D eigenvalue weighted by molar-refractivity contribution is 0.101. The van der Waals surface area contributed by atoms with Crippen LogP contribution in [0.25, 0.3) is 0 Å². The summed E-state index contributed by atoms with van der Waals surface area (Å²) in [4.78, 5) is 20.0. The molecule has 116 valence electrons. The Morgan fingerprint density at radius 3 is 2.95 bits per heavy atom. The Kier molecular flexibility index (Phi) is 5.85. The maximum Gasteiger partial charge on any atom is 0.229 e. The number of benzene rings is 1. The number of ketones is 1. The van der Waals surface area contributed by atoms with Crippen LogP contribution >= 0.6 is 0 Å². The number of carbonyl (C=O) groups is 1. The predicted octanol–water partition coefficient (Wildman–Crippen LogP) is 2.87. The highest BCUT2D eigenvalue weighted by atomic mass is 16.5. The molecule has 0 bridgehead atoms. The highest BCUT2D eigenvalue weighted by molar-refractivity contribution is 5.95. The van der Waals surface area contributed by atoms with Crippen molar-refractivity contribution in [3.8, 4) is 0 Å². The van der Waals surface area contributed by atoms with E-state index in [1.54, 1.807) is 32.4 Å². The fourth-order valence-corrected chi connectivity index (χ4v) is 1.90. The molecule has 0 amide bonds. The van der Waals surface area contributed by atoms with Gasteiger partial charge < -0.3 is 15.4 Å². The SMILES string of the molecule is COCCCNc1ccnc(Nc2cccc(C(C)=O)c2)n1. The van der Waals surface area contributed by atoms with Gasteiger partial charge in [-0.25, -0.2) is 4.98 Å². The number of ether oxygens (including phenoxy) is 1. The zero-order chi connectivity index (χ0) is 15.8. The number of rotatable bonds is 8. The molecular weight excluding hydrogens is 280 g/mol. The summed E-state index contributed by atoms with van der Waals surface area (Å²) >= 11 is 0. The summed E-state index contributed by atoms with van der Waals surface area (Å²) in [7, 11) is 1.68. The highest BCUT2D eigenvalue weighted by Crippen LogP contribution is 2.16. The Labute approximate surface area is 129 Å². The van der Waals surface area contributed by atoms with Crippen LogP contribution in [0.5, 0.6) is 0 Å². The zero-order valence-electron chi connectivity index (χ0n) is 12.8. The summed E-state index contributed by atoms with van der Waals surface area (Å²) in [5.41, 5.74) is 1.43. The summed E-state index contributed by atoms with van der Waals surface area (Å²) < 4.78 is 5.00. The van der Waals surface area contributed by atoms with Crippen LogP contribution in [0.3, 0.4) is 0 Å². The first-order chi connectivity index (χ1) is 10.7. The number of methoxy groups -OCH3 is 1. The van der Waals surface area contributed by atoms with Gasteiger partial charge in [-0.15, -0.1) is 0 Å². The minimum atomic E-state index is 0.0260. The van der Waals surface area contributed by atoms with Crippen molar-refractivity contribution in [2.45, 2.75) is 13.3 Å². The van der Waals surface area contributed by atoms with E-state index >= 15 is 0 Å². The fraction of sp³-hybridized carbons (Fsp3) is 0.312. The summed E-state index contributed by atoms with van der Waals surface area (Å²) in [5, 5.41) is 6.31. The Balaban J connectivity index is 2.00. The molecule has 2 aromatic rings. The molecule has 1 heterocycles. The lowest BCUT2D eigenvalue weighted by Gasteiger charge is -2.09. The largest absolute Gasteiger partial charge is 0.385 e. The topological polar surface area (TPSA) is 76.1 Å². The van der Waals surface area contributed by atoms with E-state index in [1.165, 1.54) is 0 Å². The van der Waals surface area contributed by atoms with Crippen LogP contribution < -0.4 is 10.6 Å². The number of nitrogens with zero attached hydrogens (tertiary/aromatic N) is 2. The Bertz CT molecular complexity index is 631. The van der Waals surface area contributed by atoms with Crippen LogP contribution in [0, 0.1) is 0 Å². The number of aromatic nitrogens is 2. The normalized spacial score (nSPS) is 10.3. The van der Waals surface area contributed by atoms with Crippen LogP contribution in [0.1, 0.15) is 23.7 Å². The van der Waals surface area contributed by atoms with Crippen molar-refractivity contribution in [2.75, 3.05) is 30.9 Å². The van der Waals surface area contributed by atoms with Crippen LogP contribution in [0.4, 0.5) is 17.5 Å². The third-order valence-corrected chi connectivity index (χ3v) is 3.01. The zero-order valence-corrected chi connectivity index (χ0v) is 12.8. The number of carbonyl (C=O) groups excluding carboxylic acids is 1. The number of hydrogen-bond donors (Lipinski definition) is 2. The maximum atomic E-state index is 11.4. The average molecular weight is 300 g/mol. The Morgan fingerprint density at radius 2 is 2.18 bits per heavy atom. The molecule has 1 aromatic heterocycles. The molecule has 2 N–H and O–H groups in total. The van der Waals surface area contributed by atoms with E-state index in [2.05, 4.69) is 20.6 Å². The van der Waals surface area contributed by atoms with Crippen molar-refractivity contribution in [3.63, 3.8) is 0 Å². The van der Waals surface area contributed by atoms with Crippen molar-refractivity contribution in [3.05, 3.63) is 42.1 Å². The molecule has 1 aromatic carbocycles. The van der Waals surface area contributed by atoms with Gasteiger partial charge in [-0.3, -0.25) is 4.79 Å². The average Bonchev–Trinajstić information content (AvgIpc) is 2.52. The first kappa shape index (κ1) is 15.9. The van der Waals surface area contributed by atoms with Gasteiger partial charge in [-0.2, -0.15) is 4.98 Å². The predicted molar refractivity (Wildman–Crippen MR) is 86.7 cm³/mol. The molecule has 2 rings (SSSR count). The van der Waals surface area contributed by atoms with E-state index in [9.17, 15) is 4.79 Å². The van der Waals surface area contributed by atoms with Gasteiger partial charge in [0.15, 0.2) is 5.78 Å². The lowest BCUT2D eigenvalue weighted by atomic mass is 10.1. The second kappa shape index (κ2) is 8.09. The molecule has 0 saturated carbocycles. The molecule has 0 spiro atoms. The van der Waals surface area contributed by atoms with E-state index in [0.29, 0.717) is 18.1 Å². The third-order valence-electron chi connectivity index (χ3n) is 3.01. The van der Waals surface area contributed by atoms with Crippen LogP contribution in [0.15, 0.2) is 36.5 Å². The van der Waals surface area contributed by atoms with Crippen LogP contribution in [-0.4, -0.2) is 36.0 Å². The summed E-state index contributed by atoms with van der Waals surface area (Å²) in [6.07, 6.45) is 2.59. The minimum Gasteiger partial charge on any atom is -0.385 e. The molecule has 6 nitrogen and oxygen atoms in total. The van der Waals surface area contributed by atoms with Gasteiger partial charge in [0, 0.05) is 37.7 Å². The second-order valence-electron chi connectivity index (χ2n) is 4.80. The standard InChI is InChI=1S/C16H20N4O2/c1-12(21)13-5-3-6-14(11-13)19-16-18-9-7-15(20-16)17-8-4-10-22-2/h3,5-7,9,11H,4,8,10H2,1-2H3,(H2,17,18,19,20). The summed E-state index contributed by atoms with van der Waals surface area (Å²) in [6, 6.07) is 9.07. The molecule has 0 atom stereocenters. The quantitative estimate of drug-likeness (QED) is 0.576. The van der Waals surface area contributed by atoms with Gasteiger partial charge in [0.2, 0.25) is 5.95 Å². The molecule has 0 unspecified atom stereocenters. The van der Waals surface area contributed by atoms with E-state index in [0.717, 1.165) is 24.5 Å². The molecule has 22 heavy (non-hydrogen) atoms. The van der Waals surface area contributed by atoms with Gasteiger partial charge in [-0.1, -0.05) is 12.1 Å². The molecule has 6 heteroatoms. The Morgan fingerprint density at radius 1 is 1.32 bits per heavy atom. The first-order valence-corrected chi connectivity index (χ1v) is 7.13. The molecule has 0 aliphatic carbocycles. The van der Waals surface area contributed by atoms with Gasteiger partial charge in [0.1, 0.15) is 5.82 Å². The van der Waals surface area contributed by atoms with Gasteiger partial charge in [0.25, 0.3) is 0 Å². The third kappa shape index (κ3) is 4.82. The number of anilines is 3.